The van der Waals surface area contributed by atoms with Gasteiger partial charge in [-0.2, -0.15) is 0 Å². The van der Waals surface area contributed by atoms with E-state index in [1.165, 1.54) is 0 Å². The van der Waals surface area contributed by atoms with Gasteiger partial charge >= 0.3 is 0 Å². The van der Waals surface area contributed by atoms with E-state index in [9.17, 15) is 9.18 Å². The summed E-state index contributed by atoms with van der Waals surface area (Å²) in [5.41, 5.74) is 7.38. The minimum Gasteiger partial charge on any atom is -0.322 e. The number of para-hydroxylation sites is 1. The molecule has 1 amide bonds. The third kappa shape index (κ3) is 2.63. The number of pyridine rings is 1. The number of carbonyl (C=O) groups is 1. The van der Waals surface area contributed by atoms with Crippen molar-refractivity contribution in [3.05, 3.63) is 47.1 Å². The van der Waals surface area contributed by atoms with Crippen LogP contribution in [-0.2, 0) is 11.5 Å². The smallest absolute Gasteiger partial charge is 0.243 e. The number of halogens is 2. The van der Waals surface area contributed by atoms with Gasteiger partial charge < -0.3 is 16.0 Å². The highest BCUT2D eigenvalue weighted by Gasteiger charge is 2.28. The molecule has 2 heterocycles. The van der Waals surface area contributed by atoms with Crippen LogP contribution in [-0.4, -0.2) is 23.5 Å². The first-order chi connectivity index (χ1) is 10.6. The van der Waals surface area contributed by atoms with E-state index in [-0.39, 0.29) is 12.5 Å². The third-order valence-corrected chi connectivity index (χ3v) is 3.77. The van der Waals surface area contributed by atoms with E-state index in [2.05, 4.69) is 10.3 Å². The number of carbonyl (C=O) groups excluding carboxylic acids is 1. The summed E-state index contributed by atoms with van der Waals surface area (Å²) in [5, 5.41) is 3.14. The number of nitrogens with zero attached hydrogens (tertiary/aromatic N) is 2. The van der Waals surface area contributed by atoms with E-state index >= 15 is 0 Å². The SMILES string of the molecule is N[C@H]1CN(c2cccc(CF)n2)c2cccc(Cl)c2NC1=O. The Balaban J connectivity index is 2.13. The zero-order valence-electron chi connectivity index (χ0n) is 11.6. The van der Waals surface area contributed by atoms with E-state index in [0.29, 0.717) is 27.9 Å². The summed E-state index contributed by atoms with van der Waals surface area (Å²) in [4.78, 5) is 18.1. The second-order valence-corrected chi connectivity index (χ2v) is 5.37. The number of anilines is 3. The summed E-state index contributed by atoms with van der Waals surface area (Å²) in [6.07, 6.45) is 0. The van der Waals surface area contributed by atoms with Crippen LogP contribution in [0.2, 0.25) is 5.02 Å². The molecule has 2 aromatic rings. The summed E-state index contributed by atoms with van der Waals surface area (Å²) in [7, 11) is 0. The van der Waals surface area contributed by atoms with Crippen LogP contribution < -0.4 is 16.0 Å². The molecule has 0 spiro atoms. The Morgan fingerprint density at radius 3 is 2.91 bits per heavy atom. The normalized spacial score (nSPS) is 17.7. The lowest BCUT2D eigenvalue weighted by molar-refractivity contribution is -0.117. The molecule has 0 saturated carbocycles. The first-order valence-electron chi connectivity index (χ1n) is 6.74. The zero-order valence-corrected chi connectivity index (χ0v) is 12.3. The number of fused-ring (bicyclic) bond motifs is 1. The number of alkyl halides is 1. The van der Waals surface area contributed by atoms with Crippen molar-refractivity contribution < 1.29 is 9.18 Å². The predicted octanol–water partition coefficient (Wildman–Crippen LogP) is 2.62. The Hall–Kier alpha value is -2.18. The fourth-order valence-electron chi connectivity index (χ4n) is 2.36. The molecular weight excluding hydrogens is 307 g/mol. The minimum absolute atomic E-state index is 0.224. The fourth-order valence-corrected chi connectivity index (χ4v) is 2.58. The molecule has 1 aliphatic rings. The minimum atomic E-state index is -0.751. The lowest BCUT2D eigenvalue weighted by Crippen LogP contribution is -2.41. The molecule has 7 heteroatoms. The van der Waals surface area contributed by atoms with Gasteiger partial charge in [-0.15, -0.1) is 0 Å². The molecular formula is C15H14ClFN4O. The molecule has 0 fully saturated rings. The van der Waals surface area contributed by atoms with Crippen LogP contribution in [0.1, 0.15) is 5.69 Å². The van der Waals surface area contributed by atoms with Crippen molar-refractivity contribution in [2.24, 2.45) is 5.73 Å². The Morgan fingerprint density at radius 1 is 1.36 bits per heavy atom. The number of nitrogens with two attached hydrogens (primary N) is 1. The van der Waals surface area contributed by atoms with Gasteiger partial charge in [0.15, 0.2) is 0 Å². The molecule has 1 aromatic carbocycles. The van der Waals surface area contributed by atoms with Crippen molar-refractivity contribution in [2.75, 3.05) is 16.8 Å². The molecule has 0 unspecified atom stereocenters. The number of hydrogen-bond acceptors (Lipinski definition) is 4. The van der Waals surface area contributed by atoms with Crippen molar-refractivity contribution in [3.8, 4) is 0 Å². The Bertz CT molecular complexity index is 724. The first kappa shape index (κ1) is 14.7. The van der Waals surface area contributed by atoms with Gasteiger partial charge in [-0.1, -0.05) is 23.7 Å². The molecule has 0 radical (unpaired) electrons. The van der Waals surface area contributed by atoms with Crippen LogP contribution >= 0.6 is 11.6 Å². The molecule has 1 atom stereocenters. The highest BCUT2D eigenvalue weighted by molar-refractivity contribution is 6.34. The number of amides is 1. The summed E-state index contributed by atoms with van der Waals surface area (Å²) in [5.74, 6) is 0.198. The molecule has 5 nitrogen and oxygen atoms in total. The van der Waals surface area contributed by atoms with Crippen molar-refractivity contribution >= 4 is 34.7 Å². The number of rotatable bonds is 2. The van der Waals surface area contributed by atoms with E-state index in [1.807, 2.05) is 6.07 Å². The quantitative estimate of drug-likeness (QED) is 0.892. The number of aromatic nitrogens is 1. The van der Waals surface area contributed by atoms with Crippen molar-refractivity contribution in [3.63, 3.8) is 0 Å². The molecule has 114 valence electrons. The van der Waals surface area contributed by atoms with Crippen LogP contribution in [0.15, 0.2) is 36.4 Å². The molecule has 3 rings (SSSR count). The second kappa shape index (κ2) is 5.90. The van der Waals surface area contributed by atoms with Gasteiger partial charge in [-0.05, 0) is 24.3 Å². The number of nitrogens with one attached hydrogen (secondary N) is 1. The maximum absolute atomic E-state index is 12.9. The zero-order chi connectivity index (χ0) is 15.7. The molecule has 1 aromatic heterocycles. The highest BCUT2D eigenvalue weighted by atomic mass is 35.5. The van der Waals surface area contributed by atoms with Gasteiger partial charge in [0, 0.05) is 6.54 Å². The van der Waals surface area contributed by atoms with Crippen LogP contribution in [0.3, 0.4) is 0 Å². The molecule has 1 aliphatic heterocycles. The van der Waals surface area contributed by atoms with Crippen molar-refractivity contribution in [2.45, 2.75) is 12.7 Å². The van der Waals surface area contributed by atoms with Crippen LogP contribution in [0.4, 0.5) is 21.6 Å². The first-order valence-corrected chi connectivity index (χ1v) is 7.12. The fraction of sp³-hybridized carbons (Fsp3) is 0.200. The van der Waals surface area contributed by atoms with Gasteiger partial charge in [-0.3, -0.25) is 4.79 Å². The largest absolute Gasteiger partial charge is 0.322 e. The topological polar surface area (TPSA) is 71.2 Å². The van der Waals surface area contributed by atoms with Gasteiger partial charge in [0.25, 0.3) is 0 Å². The van der Waals surface area contributed by atoms with E-state index in [0.717, 1.165) is 0 Å². The average molecular weight is 321 g/mol. The molecule has 0 aliphatic carbocycles. The summed E-state index contributed by atoms with van der Waals surface area (Å²) < 4.78 is 12.9. The van der Waals surface area contributed by atoms with Gasteiger partial charge in [0.2, 0.25) is 5.91 Å². The van der Waals surface area contributed by atoms with E-state index in [4.69, 9.17) is 17.3 Å². The van der Waals surface area contributed by atoms with Crippen LogP contribution in [0.25, 0.3) is 0 Å². The maximum atomic E-state index is 12.9. The van der Waals surface area contributed by atoms with E-state index < -0.39 is 12.7 Å². The van der Waals surface area contributed by atoms with Gasteiger partial charge in [-0.25, -0.2) is 9.37 Å². The Kier molecular flexibility index (Phi) is 3.96. The Labute approximate surface area is 131 Å². The lowest BCUT2D eigenvalue weighted by Gasteiger charge is -2.25. The second-order valence-electron chi connectivity index (χ2n) is 4.96. The molecule has 0 bridgehead atoms. The number of hydrogen-bond donors (Lipinski definition) is 2. The van der Waals surface area contributed by atoms with E-state index in [1.54, 1.807) is 35.2 Å². The molecule has 22 heavy (non-hydrogen) atoms. The summed E-state index contributed by atoms with van der Waals surface area (Å²) in [6.45, 7) is -0.435. The number of benzene rings is 1. The highest BCUT2D eigenvalue weighted by Crippen LogP contribution is 2.38. The molecule has 0 saturated heterocycles. The van der Waals surface area contributed by atoms with Gasteiger partial charge in [0.1, 0.15) is 18.5 Å². The predicted molar refractivity (Wildman–Crippen MR) is 84.1 cm³/mol. The maximum Gasteiger partial charge on any atom is 0.243 e. The third-order valence-electron chi connectivity index (χ3n) is 3.45. The molecule has 3 N–H and O–H groups in total. The van der Waals surface area contributed by atoms with Crippen LogP contribution in [0, 0.1) is 0 Å². The summed E-state index contributed by atoms with van der Waals surface area (Å²) >= 11 is 6.18. The standard InChI is InChI=1S/C15H14ClFN4O/c16-10-4-2-5-12-14(10)20-15(22)11(18)8-21(12)13-6-1-3-9(7-17)19-13/h1-6,11H,7-8,18H2,(H,20,22)/t11-/m0/s1. The average Bonchev–Trinajstić information content (AvgIpc) is 2.66. The Morgan fingerprint density at radius 2 is 2.14 bits per heavy atom. The van der Waals surface area contributed by atoms with Crippen molar-refractivity contribution in [1.82, 2.24) is 4.98 Å². The summed E-state index contributed by atoms with van der Waals surface area (Å²) in [6, 6.07) is 9.57. The van der Waals surface area contributed by atoms with Crippen LogP contribution in [0.5, 0.6) is 0 Å². The monoisotopic (exact) mass is 320 g/mol. The lowest BCUT2D eigenvalue weighted by atomic mass is 10.2. The van der Waals surface area contributed by atoms with Crippen molar-refractivity contribution in [1.29, 1.82) is 0 Å². The van der Waals surface area contributed by atoms with Gasteiger partial charge in [0.05, 0.1) is 22.1 Å².